The van der Waals surface area contributed by atoms with E-state index in [0.29, 0.717) is 29.6 Å². The van der Waals surface area contributed by atoms with Crippen molar-refractivity contribution in [1.29, 1.82) is 0 Å². The third-order valence-corrected chi connectivity index (χ3v) is 6.38. The molecule has 0 unspecified atom stereocenters. The van der Waals surface area contributed by atoms with Gasteiger partial charge in [0.25, 0.3) is 0 Å². The minimum absolute atomic E-state index is 0.0229. The van der Waals surface area contributed by atoms with Gasteiger partial charge in [0.2, 0.25) is 10.0 Å². The Kier molecular flexibility index (Phi) is 3.66. The fourth-order valence-corrected chi connectivity index (χ4v) is 4.57. The lowest BCUT2D eigenvalue weighted by Crippen LogP contribution is -2.51. The van der Waals surface area contributed by atoms with Gasteiger partial charge >= 0.3 is 0 Å². The number of halogens is 1. The highest BCUT2D eigenvalue weighted by atomic mass is 35.5. The van der Waals surface area contributed by atoms with Crippen LogP contribution in [0.5, 0.6) is 0 Å². The summed E-state index contributed by atoms with van der Waals surface area (Å²) in [4.78, 5) is 0. The fraction of sp³-hybridized carbons (Fsp3) is 0.467. The van der Waals surface area contributed by atoms with Crippen LogP contribution in [0.25, 0.3) is 0 Å². The molecule has 1 aromatic heterocycles. The molecular weight excluding hydrogens is 336 g/mol. The number of rotatable bonds is 5. The normalized spacial score (nSPS) is 19.7. The van der Waals surface area contributed by atoms with Gasteiger partial charge in [-0.15, -0.1) is 5.10 Å². The first-order valence-electron chi connectivity index (χ1n) is 7.65. The van der Waals surface area contributed by atoms with Crippen molar-refractivity contribution in [3.8, 4) is 0 Å². The van der Waals surface area contributed by atoms with Crippen molar-refractivity contribution in [3.63, 3.8) is 0 Å². The molecule has 6 nitrogen and oxygen atoms in total. The van der Waals surface area contributed by atoms with Crippen LogP contribution in [0.2, 0.25) is 5.02 Å². The van der Waals surface area contributed by atoms with E-state index in [1.807, 2.05) is 6.20 Å². The number of sulfonamides is 1. The Morgan fingerprint density at radius 3 is 2.74 bits per heavy atom. The summed E-state index contributed by atoms with van der Waals surface area (Å²) >= 11 is 5.91. The highest BCUT2D eigenvalue weighted by Crippen LogP contribution is 2.39. The minimum atomic E-state index is -3.32. The maximum Gasteiger partial charge on any atom is 0.218 e. The van der Waals surface area contributed by atoms with Crippen molar-refractivity contribution < 1.29 is 8.42 Å². The molecule has 23 heavy (non-hydrogen) atoms. The van der Waals surface area contributed by atoms with Gasteiger partial charge in [-0.2, -0.15) is 4.31 Å². The third kappa shape index (κ3) is 3.13. The maximum atomic E-state index is 12.4. The van der Waals surface area contributed by atoms with E-state index in [0.717, 1.165) is 5.69 Å². The van der Waals surface area contributed by atoms with Gasteiger partial charge in [-0.05, 0) is 30.5 Å². The predicted octanol–water partition coefficient (Wildman–Crippen LogP) is 2.20. The van der Waals surface area contributed by atoms with Crippen molar-refractivity contribution in [2.75, 3.05) is 13.1 Å². The lowest BCUT2D eigenvalue weighted by Gasteiger charge is -2.37. The first-order chi connectivity index (χ1) is 11.0. The van der Waals surface area contributed by atoms with Gasteiger partial charge in [0.15, 0.2) is 0 Å². The molecule has 122 valence electrons. The first-order valence-corrected chi connectivity index (χ1v) is 9.64. The monoisotopic (exact) mass is 352 g/mol. The number of hydrogen-bond donors (Lipinski definition) is 0. The van der Waals surface area contributed by atoms with Crippen molar-refractivity contribution in [1.82, 2.24) is 19.3 Å². The van der Waals surface area contributed by atoms with Gasteiger partial charge in [0, 0.05) is 30.2 Å². The largest absolute Gasteiger partial charge is 0.247 e. The van der Waals surface area contributed by atoms with E-state index in [-0.39, 0.29) is 11.8 Å². The molecule has 0 amide bonds. The Bertz CT molecular complexity index is 826. The van der Waals surface area contributed by atoms with Crippen LogP contribution >= 0.6 is 11.6 Å². The summed E-state index contributed by atoms with van der Waals surface area (Å²) < 4.78 is 28.2. The first kappa shape index (κ1) is 15.1. The van der Waals surface area contributed by atoms with E-state index in [1.54, 1.807) is 28.9 Å². The zero-order valence-corrected chi connectivity index (χ0v) is 14.0. The van der Waals surface area contributed by atoms with Crippen LogP contribution in [0.1, 0.15) is 36.1 Å². The number of nitrogens with zero attached hydrogens (tertiary/aromatic N) is 4. The molecule has 0 N–H and O–H groups in total. The zero-order valence-electron chi connectivity index (χ0n) is 12.5. The summed E-state index contributed by atoms with van der Waals surface area (Å²) in [7, 11) is -3.32. The van der Waals surface area contributed by atoms with Crippen molar-refractivity contribution in [2.45, 2.75) is 30.6 Å². The Balaban J connectivity index is 1.39. The van der Waals surface area contributed by atoms with Gasteiger partial charge in [-0.25, -0.2) is 13.1 Å². The van der Waals surface area contributed by atoms with E-state index >= 15 is 0 Å². The molecule has 2 aliphatic rings. The molecule has 0 spiro atoms. The topological polar surface area (TPSA) is 68.1 Å². The maximum absolute atomic E-state index is 12.4. The van der Waals surface area contributed by atoms with Crippen LogP contribution in [0.4, 0.5) is 0 Å². The number of aromatic nitrogens is 3. The molecule has 0 bridgehead atoms. The van der Waals surface area contributed by atoms with Crippen LogP contribution in [0.15, 0.2) is 30.5 Å². The standard InChI is InChI=1S/C15H17ClN4O2S/c16-13-3-1-2-11(6-13)10-23(21,22)19-7-14(8-19)20-9-15(17-18-20)12-4-5-12/h1-3,6,9,12,14H,4-5,7-8,10H2. The van der Waals surface area contributed by atoms with E-state index in [4.69, 9.17) is 11.6 Å². The molecule has 2 fully saturated rings. The third-order valence-electron chi connectivity index (χ3n) is 4.36. The summed E-state index contributed by atoms with van der Waals surface area (Å²) in [6.45, 7) is 0.909. The van der Waals surface area contributed by atoms with Crippen LogP contribution < -0.4 is 0 Å². The average Bonchev–Trinajstić information content (AvgIpc) is 3.16. The summed E-state index contributed by atoms with van der Waals surface area (Å²) in [6.07, 6.45) is 4.33. The van der Waals surface area contributed by atoms with Crippen molar-refractivity contribution in [2.24, 2.45) is 0 Å². The van der Waals surface area contributed by atoms with Gasteiger partial charge in [0.1, 0.15) is 0 Å². The van der Waals surface area contributed by atoms with Gasteiger partial charge in [-0.3, -0.25) is 0 Å². The van der Waals surface area contributed by atoms with E-state index in [2.05, 4.69) is 10.3 Å². The van der Waals surface area contributed by atoms with Crippen LogP contribution in [-0.4, -0.2) is 40.8 Å². The molecule has 1 aliphatic heterocycles. The Labute approximate surface area is 140 Å². The smallest absolute Gasteiger partial charge is 0.218 e. The van der Waals surface area contributed by atoms with Gasteiger partial charge in [-0.1, -0.05) is 28.9 Å². The quantitative estimate of drug-likeness (QED) is 0.827. The molecule has 2 heterocycles. The molecule has 1 saturated carbocycles. The second-order valence-corrected chi connectivity index (χ2v) is 8.66. The molecular formula is C15H17ClN4O2S. The lowest BCUT2D eigenvalue weighted by molar-refractivity contribution is 0.188. The summed E-state index contributed by atoms with van der Waals surface area (Å²) in [5.74, 6) is 0.539. The zero-order chi connectivity index (χ0) is 16.0. The van der Waals surface area contributed by atoms with Crippen LogP contribution in [-0.2, 0) is 15.8 Å². The summed E-state index contributed by atoms with van der Waals surface area (Å²) in [5.41, 5.74) is 1.74. The van der Waals surface area contributed by atoms with Gasteiger partial charge < -0.3 is 0 Å². The Hall–Kier alpha value is -1.44. The van der Waals surface area contributed by atoms with E-state index in [9.17, 15) is 8.42 Å². The van der Waals surface area contributed by atoms with E-state index in [1.165, 1.54) is 17.1 Å². The molecule has 8 heteroatoms. The average molecular weight is 353 g/mol. The minimum Gasteiger partial charge on any atom is -0.247 e. The molecule has 0 atom stereocenters. The van der Waals surface area contributed by atoms with Crippen molar-refractivity contribution >= 4 is 21.6 Å². The molecule has 1 aromatic carbocycles. The van der Waals surface area contributed by atoms with E-state index < -0.39 is 10.0 Å². The fourth-order valence-electron chi connectivity index (χ4n) is 2.77. The number of hydrogen-bond acceptors (Lipinski definition) is 4. The number of benzene rings is 1. The van der Waals surface area contributed by atoms with Crippen LogP contribution in [0, 0.1) is 0 Å². The molecule has 1 saturated heterocycles. The lowest BCUT2D eigenvalue weighted by atomic mass is 10.2. The SMILES string of the molecule is O=S(=O)(Cc1cccc(Cl)c1)N1CC(n2cc(C3CC3)nn2)C1. The predicted molar refractivity (Wildman–Crippen MR) is 86.7 cm³/mol. The molecule has 4 rings (SSSR count). The Morgan fingerprint density at radius 2 is 2.04 bits per heavy atom. The van der Waals surface area contributed by atoms with Gasteiger partial charge in [0.05, 0.1) is 17.5 Å². The second-order valence-electron chi connectivity index (χ2n) is 6.25. The molecule has 2 aromatic rings. The highest BCUT2D eigenvalue weighted by Gasteiger charge is 2.38. The Morgan fingerprint density at radius 1 is 1.26 bits per heavy atom. The van der Waals surface area contributed by atoms with Crippen LogP contribution in [0.3, 0.4) is 0 Å². The molecule has 1 aliphatic carbocycles. The summed E-state index contributed by atoms with van der Waals surface area (Å²) in [6, 6.07) is 7.06. The highest BCUT2D eigenvalue weighted by molar-refractivity contribution is 7.88. The molecule has 0 radical (unpaired) electrons. The second kappa shape index (κ2) is 5.58. The van der Waals surface area contributed by atoms with Crippen molar-refractivity contribution in [3.05, 3.63) is 46.7 Å². The summed E-state index contributed by atoms with van der Waals surface area (Å²) in [5, 5.41) is 8.87.